The van der Waals surface area contributed by atoms with E-state index >= 15 is 0 Å². The first kappa shape index (κ1) is 20.5. The monoisotopic (exact) mass is 438 g/mol. The van der Waals surface area contributed by atoms with E-state index in [2.05, 4.69) is 15.1 Å². The minimum Gasteiger partial charge on any atom is -0.334 e. The molecule has 1 fully saturated rings. The quantitative estimate of drug-likeness (QED) is 0.665. The maximum atomic E-state index is 13.3. The van der Waals surface area contributed by atoms with Gasteiger partial charge in [-0.05, 0) is 29.2 Å². The smallest absolute Gasteiger partial charge is 0.334 e. The zero-order valence-corrected chi connectivity index (χ0v) is 16.7. The Hall–Kier alpha value is -2.79. The lowest BCUT2D eigenvalue weighted by Crippen LogP contribution is -2.11. The third kappa shape index (κ3) is 3.47. The highest BCUT2D eigenvalue weighted by molar-refractivity contribution is 7.89. The van der Waals surface area contributed by atoms with Crippen molar-refractivity contribution in [2.45, 2.75) is 36.8 Å². The summed E-state index contributed by atoms with van der Waals surface area (Å²) in [5.74, 6) is -0.237. The number of rotatable bonds is 4. The van der Waals surface area contributed by atoms with Crippen LogP contribution in [0.15, 0.2) is 52.1 Å². The maximum Gasteiger partial charge on any atom is 0.417 e. The Morgan fingerprint density at radius 2 is 1.77 bits per heavy atom. The van der Waals surface area contributed by atoms with Gasteiger partial charge in [0.2, 0.25) is 10.0 Å². The van der Waals surface area contributed by atoms with Crippen LogP contribution in [0, 0.1) is 5.41 Å². The van der Waals surface area contributed by atoms with E-state index in [1.54, 1.807) is 12.1 Å². The molecule has 0 amide bonds. The van der Waals surface area contributed by atoms with Gasteiger partial charge in [-0.3, -0.25) is 4.98 Å². The molecule has 0 bridgehead atoms. The summed E-state index contributed by atoms with van der Waals surface area (Å²) in [4.78, 5) is 7.95. The number of pyridine rings is 1. The molecule has 11 heteroatoms. The fraction of sp³-hybridized carbons (Fsp3) is 0.316. The first-order valence-electron chi connectivity index (χ1n) is 8.88. The molecule has 0 saturated heterocycles. The van der Waals surface area contributed by atoms with Gasteiger partial charge < -0.3 is 4.52 Å². The fourth-order valence-electron chi connectivity index (χ4n) is 3.89. The van der Waals surface area contributed by atoms with Crippen LogP contribution >= 0.6 is 0 Å². The molecule has 4 rings (SSSR count). The normalized spacial score (nSPS) is 20.9. The number of nitrogens with zero attached hydrogens (tertiary/aromatic N) is 3. The number of hydrogen-bond donors (Lipinski definition) is 1. The first-order chi connectivity index (χ1) is 13.9. The Kier molecular flexibility index (Phi) is 4.51. The highest BCUT2D eigenvalue weighted by Crippen LogP contribution is 2.69. The Morgan fingerprint density at radius 3 is 2.37 bits per heavy atom. The van der Waals surface area contributed by atoms with Gasteiger partial charge in [-0.15, -0.1) is 0 Å². The van der Waals surface area contributed by atoms with Crippen LogP contribution in [-0.2, 0) is 16.2 Å². The van der Waals surface area contributed by atoms with Gasteiger partial charge in [0.15, 0.2) is 5.82 Å². The number of alkyl halides is 3. The molecule has 0 unspecified atom stereocenters. The molecule has 1 saturated carbocycles. The lowest BCUT2D eigenvalue weighted by molar-refractivity contribution is -0.137. The van der Waals surface area contributed by atoms with Crippen molar-refractivity contribution < 1.29 is 26.1 Å². The summed E-state index contributed by atoms with van der Waals surface area (Å²) in [7, 11) is -3.80. The van der Waals surface area contributed by atoms with Crippen molar-refractivity contribution in [1.82, 2.24) is 15.1 Å². The molecule has 2 heterocycles. The van der Waals surface area contributed by atoms with Crippen LogP contribution in [0.3, 0.4) is 0 Å². The number of primary sulfonamides is 1. The Labute approximate surface area is 170 Å². The maximum absolute atomic E-state index is 13.3. The van der Waals surface area contributed by atoms with E-state index < -0.39 is 21.8 Å². The van der Waals surface area contributed by atoms with E-state index in [1.165, 1.54) is 12.1 Å². The summed E-state index contributed by atoms with van der Waals surface area (Å²) in [6, 6.07) is 7.02. The molecule has 0 aliphatic heterocycles. The standard InChI is InChI=1S/C19H17F3N4O3S/c1-18(2)14(10-3-5-11(6-4-10)30(23,27)28)15(18)16-25-17(29-26-16)12-9-24-8-7-13(12)19(20,21)22/h3-9,14-15H,1-2H3,(H2,23,27,28)/t14-,15+/m0/s1. The van der Waals surface area contributed by atoms with E-state index in [0.29, 0.717) is 0 Å². The highest BCUT2D eigenvalue weighted by Gasteiger charge is 2.61. The van der Waals surface area contributed by atoms with Crippen LogP contribution in [0.25, 0.3) is 11.5 Å². The predicted molar refractivity (Wildman–Crippen MR) is 99.6 cm³/mol. The summed E-state index contributed by atoms with van der Waals surface area (Å²) >= 11 is 0. The second kappa shape index (κ2) is 6.61. The van der Waals surface area contributed by atoms with Crippen molar-refractivity contribution in [2.24, 2.45) is 10.6 Å². The van der Waals surface area contributed by atoms with Crippen molar-refractivity contribution >= 4 is 10.0 Å². The Balaban J connectivity index is 1.65. The van der Waals surface area contributed by atoms with E-state index in [-0.39, 0.29) is 39.4 Å². The van der Waals surface area contributed by atoms with Crippen LogP contribution in [0.1, 0.15) is 42.6 Å². The number of halogens is 3. The zero-order valence-electron chi connectivity index (χ0n) is 15.9. The number of aromatic nitrogens is 3. The molecule has 2 aromatic heterocycles. The van der Waals surface area contributed by atoms with Gasteiger partial charge in [0.05, 0.1) is 16.0 Å². The van der Waals surface area contributed by atoms with E-state index in [9.17, 15) is 21.6 Å². The van der Waals surface area contributed by atoms with Crippen molar-refractivity contribution in [3.63, 3.8) is 0 Å². The van der Waals surface area contributed by atoms with Crippen LogP contribution in [0.4, 0.5) is 13.2 Å². The summed E-state index contributed by atoms with van der Waals surface area (Å²) in [5, 5.41) is 9.03. The summed E-state index contributed by atoms with van der Waals surface area (Å²) < 4.78 is 67.8. The fourth-order valence-corrected chi connectivity index (χ4v) is 4.40. The van der Waals surface area contributed by atoms with Gasteiger partial charge in [0.1, 0.15) is 0 Å². The lowest BCUT2D eigenvalue weighted by Gasteiger charge is -2.08. The molecule has 2 N–H and O–H groups in total. The molecule has 0 spiro atoms. The number of hydrogen-bond acceptors (Lipinski definition) is 6. The largest absolute Gasteiger partial charge is 0.417 e. The second-order valence-electron chi connectivity index (χ2n) is 7.77. The molecule has 2 atom stereocenters. The van der Waals surface area contributed by atoms with Gasteiger partial charge >= 0.3 is 6.18 Å². The van der Waals surface area contributed by atoms with E-state index in [1.807, 2.05) is 13.8 Å². The van der Waals surface area contributed by atoms with Gasteiger partial charge in [-0.25, -0.2) is 13.6 Å². The second-order valence-corrected chi connectivity index (χ2v) is 9.33. The molecule has 1 aliphatic rings. The molecule has 7 nitrogen and oxygen atoms in total. The van der Waals surface area contributed by atoms with Crippen molar-refractivity contribution in [3.8, 4) is 11.5 Å². The summed E-state index contributed by atoms with van der Waals surface area (Å²) in [5.41, 5.74) is -0.637. The van der Waals surface area contributed by atoms with Gasteiger partial charge in [0.25, 0.3) is 5.89 Å². The minimum absolute atomic E-state index is 0.000592. The molecule has 1 aromatic carbocycles. The van der Waals surface area contributed by atoms with Gasteiger partial charge in [-0.1, -0.05) is 31.1 Å². The van der Waals surface area contributed by atoms with Crippen LogP contribution in [0.2, 0.25) is 0 Å². The zero-order chi connectivity index (χ0) is 21.9. The number of sulfonamides is 1. The Morgan fingerprint density at radius 1 is 1.10 bits per heavy atom. The molecule has 0 radical (unpaired) electrons. The average molecular weight is 438 g/mol. The number of benzene rings is 1. The molecular formula is C19H17F3N4O3S. The molecular weight excluding hydrogens is 421 g/mol. The van der Waals surface area contributed by atoms with Crippen LogP contribution in [0.5, 0.6) is 0 Å². The van der Waals surface area contributed by atoms with E-state index in [4.69, 9.17) is 9.66 Å². The van der Waals surface area contributed by atoms with Crippen LogP contribution < -0.4 is 5.14 Å². The first-order valence-corrected chi connectivity index (χ1v) is 10.4. The molecule has 30 heavy (non-hydrogen) atoms. The Bertz CT molecular complexity index is 1200. The topological polar surface area (TPSA) is 112 Å². The third-order valence-electron chi connectivity index (χ3n) is 5.47. The third-order valence-corrected chi connectivity index (χ3v) is 6.40. The molecule has 1 aliphatic carbocycles. The summed E-state index contributed by atoms with van der Waals surface area (Å²) in [6.45, 7) is 3.94. The van der Waals surface area contributed by atoms with Gasteiger partial charge in [-0.2, -0.15) is 18.2 Å². The SMILES string of the molecule is CC1(C)[C@@H](c2ccc(S(N)(=O)=O)cc2)[C@@H]1c1noc(-c2cnccc2C(F)(F)F)n1. The molecule has 3 aromatic rings. The summed E-state index contributed by atoms with van der Waals surface area (Å²) in [6.07, 6.45) is -2.49. The van der Waals surface area contributed by atoms with E-state index in [0.717, 1.165) is 24.0 Å². The highest BCUT2D eigenvalue weighted by atomic mass is 32.2. The van der Waals surface area contributed by atoms with Crippen molar-refractivity contribution in [3.05, 3.63) is 59.7 Å². The van der Waals surface area contributed by atoms with Crippen LogP contribution in [-0.4, -0.2) is 23.5 Å². The predicted octanol–water partition coefficient (Wildman–Crippen LogP) is 3.71. The van der Waals surface area contributed by atoms with Gasteiger partial charge in [0, 0.05) is 24.2 Å². The lowest BCUT2D eigenvalue weighted by atomic mass is 10.0. The molecule has 158 valence electrons. The average Bonchev–Trinajstić information content (AvgIpc) is 3.01. The number of nitrogens with two attached hydrogens (primary N) is 1. The minimum atomic E-state index is -4.58. The van der Waals surface area contributed by atoms with Crippen molar-refractivity contribution in [2.75, 3.05) is 0 Å². The van der Waals surface area contributed by atoms with Crippen molar-refractivity contribution in [1.29, 1.82) is 0 Å².